The summed E-state index contributed by atoms with van der Waals surface area (Å²) in [6.45, 7) is 1.51. The lowest BCUT2D eigenvalue weighted by atomic mass is 9.81. The molecule has 0 unspecified atom stereocenters. The van der Waals surface area contributed by atoms with Crippen molar-refractivity contribution in [3.05, 3.63) is 34.2 Å². The number of halogens is 3. The van der Waals surface area contributed by atoms with Gasteiger partial charge >= 0.3 is 11.9 Å². The van der Waals surface area contributed by atoms with Crippen molar-refractivity contribution in [3.8, 4) is 0 Å². The van der Waals surface area contributed by atoms with Crippen LogP contribution in [0.3, 0.4) is 0 Å². The lowest BCUT2D eigenvalue weighted by Gasteiger charge is -2.36. The Bertz CT molecular complexity index is 1100. The van der Waals surface area contributed by atoms with Crippen molar-refractivity contribution in [2.24, 2.45) is 18.9 Å². The highest BCUT2D eigenvalue weighted by molar-refractivity contribution is 5.87. The summed E-state index contributed by atoms with van der Waals surface area (Å²) in [4.78, 5) is 40.7. The molecule has 0 bridgehead atoms. The van der Waals surface area contributed by atoms with Crippen LogP contribution in [0, 0.1) is 11.8 Å². The Balaban J connectivity index is 1.45. The summed E-state index contributed by atoms with van der Waals surface area (Å²) in [5.41, 5.74) is -0.373. The molecule has 2 aromatic rings. The Kier molecular flexibility index (Phi) is 5.81. The zero-order valence-electron chi connectivity index (χ0n) is 18.2. The van der Waals surface area contributed by atoms with E-state index in [4.69, 9.17) is 0 Å². The fourth-order valence-electron chi connectivity index (χ4n) is 4.82. The number of hydrogen-bond donors (Lipinski definition) is 0. The van der Waals surface area contributed by atoms with Crippen LogP contribution in [0.25, 0.3) is 11.0 Å². The van der Waals surface area contributed by atoms with Gasteiger partial charge in [-0.2, -0.15) is 13.2 Å². The second-order valence-electron chi connectivity index (χ2n) is 8.95. The van der Waals surface area contributed by atoms with E-state index in [0.29, 0.717) is 50.8 Å². The predicted octanol–water partition coefficient (Wildman–Crippen LogP) is 2.47. The van der Waals surface area contributed by atoms with Crippen LogP contribution in [0.1, 0.15) is 31.2 Å². The topological polar surface area (TPSA) is 67.5 Å². The molecule has 2 heterocycles. The van der Waals surface area contributed by atoms with Crippen molar-refractivity contribution in [3.63, 3.8) is 0 Å². The number of alkyl halides is 3. The minimum atomic E-state index is -4.48. The largest absolute Gasteiger partial charge is 0.416 e. The van der Waals surface area contributed by atoms with E-state index in [-0.39, 0.29) is 41.4 Å². The maximum absolute atomic E-state index is 13.2. The van der Waals surface area contributed by atoms with Gasteiger partial charge in [-0.3, -0.25) is 18.7 Å². The van der Waals surface area contributed by atoms with E-state index in [1.54, 1.807) is 23.9 Å². The molecule has 0 radical (unpaired) electrons. The van der Waals surface area contributed by atoms with E-state index in [1.807, 2.05) is 0 Å². The van der Waals surface area contributed by atoms with Crippen LogP contribution in [-0.4, -0.2) is 57.4 Å². The molecule has 0 spiro atoms. The molecule has 7 nitrogen and oxygen atoms in total. The van der Waals surface area contributed by atoms with Crippen molar-refractivity contribution in [1.82, 2.24) is 18.9 Å². The fraction of sp³-hybridized carbons (Fsp3) is 0.591. The highest BCUT2D eigenvalue weighted by atomic mass is 19.4. The Labute approximate surface area is 183 Å². The maximum atomic E-state index is 13.2. The van der Waals surface area contributed by atoms with E-state index in [1.165, 1.54) is 15.2 Å². The third-order valence-corrected chi connectivity index (χ3v) is 6.88. The van der Waals surface area contributed by atoms with Gasteiger partial charge in [-0.1, -0.05) is 0 Å². The number of aromatic nitrogens is 2. The Hall–Kier alpha value is -2.78. The molecule has 1 aliphatic heterocycles. The minimum absolute atomic E-state index is 0.00190. The van der Waals surface area contributed by atoms with Crippen molar-refractivity contribution >= 4 is 22.8 Å². The van der Waals surface area contributed by atoms with E-state index in [2.05, 4.69) is 0 Å². The molecule has 10 heteroatoms. The second kappa shape index (κ2) is 8.29. The molecule has 2 amide bonds. The monoisotopic (exact) mass is 452 g/mol. The molecule has 1 saturated heterocycles. The number of benzene rings is 1. The average Bonchev–Trinajstić information content (AvgIpc) is 2.99. The molecule has 1 aromatic heterocycles. The summed E-state index contributed by atoms with van der Waals surface area (Å²) in [5.74, 6) is -0.108. The third-order valence-electron chi connectivity index (χ3n) is 6.88. The summed E-state index contributed by atoms with van der Waals surface area (Å²) < 4.78 is 42.3. The summed E-state index contributed by atoms with van der Waals surface area (Å²) in [6.07, 6.45) is -1.76. The van der Waals surface area contributed by atoms with Gasteiger partial charge in [-0.25, -0.2) is 4.79 Å². The number of nitrogens with zero attached hydrogens (tertiary/aromatic N) is 4. The number of carbonyl (C=O) groups is 2. The molecule has 2 fully saturated rings. The molecule has 1 aromatic carbocycles. The van der Waals surface area contributed by atoms with Crippen molar-refractivity contribution < 1.29 is 22.8 Å². The van der Waals surface area contributed by atoms with Crippen LogP contribution in [0.2, 0.25) is 0 Å². The van der Waals surface area contributed by atoms with Gasteiger partial charge in [-0.15, -0.1) is 0 Å². The average molecular weight is 452 g/mol. The number of carbonyl (C=O) groups excluding carboxylic acids is 2. The first-order valence-electron chi connectivity index (χ1n) is 10.9. The first-order chi connectivity index (χ1) is 15.1. The van der Waals surface area contributed by atoms with Crippen LogP contribution in [0.5, 0.6) is 0 Å². The van der Waals surface area contributed by atoms with Crippen molar-refractivity contribution in [2.45, 2.75) is 38.4 Å². The molecule has 0 atom stereocenters. The van der Waals surface area contributed by atoms with Crippen LogP contribution in [0.4, 0.5) is 13.2 Å². The minimum Gasteiger partial charge on any atom is -0.342 e. The highest BCUT2D eigenvalue weighted by Crippen LogP contribution is 2.34. The molecule has 0 N–H and O–H groups in total. The van der Waals surface area contributed by atoms with E-state index in [9.17, 15) is 27.6 Å². The van der Waals surface area contributed by atoms with Crippen LogP contribution in [-0.2, 0) is 29.4 Å². The van der Waals surface area contributed by atoms with E-state index in [0.717, 1.165) is 12.1 Å². The summed E-state index contributed by atoms with van der Waals surface area (Å²) >= 11 is 0. The number of fused-ring (bicyclic) bond motifs is 1. The molecular weight excluding hydrogens is 425 g/mol. The first kappa shape index (κ1) is 22.4. The molecule has 4 rings (SSSR count). The number of likely N-dealkylation sites (N-methyl/N-ethyl adjacent to an activating group) is 1. The Morgan fingerprint density at radius 1 is 1.03 bits per heavy atom. The molecule has 2 aliphatic rings. The smallest absolute Gasteiger partial charge is 0.342 e. The number of aryl methyl sites for hydroxylation is 1. The summed E-state index contributed by atoms with van der Waals surface area (Å²) in [6, 6.07) is 3.37. The van der Waals surface area contributed by atoms with Gasteiger partial charge in [0.15, 0.2) is 0 Å². The van der Waals surface area contributed by atoms with Crippen molar-refractivity contribution in [1.29, 1.82) is 0 Å². The third kappa shape index (κ3) is 4.14. The second-order valence-corrected chi connectivity index (χ2v) is 8.95. The van der Waals surface area contributed by atoms with Gasteiger partial charge in [0.1, 0.15) is 0 Å². The fourth-order valence-corrected chi connectivity index (χ4v) is 4.82. The molecule has 1 aliphatic carbocycles. The zero-order valence-corrected chi connectivity index (χ0v) is 18.2. The predicted molar refractivity (Wildman–Crippen MR) is 112 cm³/mol. The number of rotatable bonds is 3. The quantitative estimate of drug-likeness (QED) is 0.719. The summed E-state index contributed by atoms with van der Waals surface area (Å²) in [7, 11) is 3.28. The Morgan fingerprint density at radius 2 is 1.72 bits per heavy atom. The molecular formula is C22H27F3N4O3. The van der Waals surface area contributed by atoms with Gasteiger partial charge in [0.2, 0.25) is 11.8 Å². The summed E-state index contributed by atoms with van der Waals surface area (Å²) in [5, 5.41) is 0. The van der Waals surface area contributed by atoms with Gasteiger partial charge in [0.25, 0.3) is 0 Å². The number of imidazole rings is 1. The number of amides is 2. The SMILES string of the molecule is CN1CCN(C(=O)[C@H]2CC[C@H](Cn3c(=O)n(C)c4ccc(C(F)(F)F)cc43)CC2)CC1=O. The number of piperazine rings is 1. The van der Waals surface area contributed by atoms with Gasteiger partial charge < -0.3 is 9.80 Å². The van der Waals surface area contributed by atoms with E-state index >= 15 is 0 Å². The Morgan fingerprint density at radius 3 is 2.34 bits per heavy atom. The van der Waals surface area contributed by atoms with Gasteiger partial charge in [-0.05, 0) is 49.8 Å². The van der Waals surface area contributed by atoms with Crippen molar-refractivity contribution in [2.75, 3.05) is 26.7 Å². The van der Waals surface area contributed by atoms with E-state index < -0.39 is 11.7 Å². The zero-order chi connectivity index (χ0) is 23.2. The normalized spacial score (nSPS) is 22.6. The number of hydrogen-bond acceptors (Lipinski definition) is 3. The standard InChI is InChI=1S/C22H27F3N4O3/c1-26-9-10-28(13-19(26)30)20(31)15-5-3-14(4-6-15)12-29-18-11-16(22(23,24)25)7-8-17(18)27(2)21(29)32/h7-8,11,14-15H,3-6,9-10,12-13H2,1-2H3/t14-,15-. The molecule has 174 valence electrons. The first-order valence-corrected chi connectivity index (χ1v) is 10.9. The van der Waals surface area contributed by atoms with Crippen LogP contribution < -0.4 is 5.69 Å². The van der Waals surface area contributed by atoms with Gasteiger partial charge in [0.05, 0.1) is 23.1 Å². The molecule has 1 saturated carbocycles. The van der Waals surface area contributed by atoms with Crippen LogP contribution >= 0.6 is 0 Å². The lowest BCUT2D eigenvalue weighted by molar-refractivity contribution is -0.147. The maximum Gasteiger partial charge on any atom is 0.416 e. The van der Waals surface area contributed by atoms with Crippen LogP contribution in [0.15, 0.2) is 23.0 Å². The van der Waals surface area contributed by atoms with Gasteiger partial charge in [0, 0.05) is 39.6 Å². The molecule has 32 heavy (non-hydrogen) atoms. The lowest BCUT2D eigenvalue weighted by Crippen LogP contribution is -2.52. The highest BCUT2D eigenvalue weighted by Gasteiger charge is 2.34.